The molecule has 4 rings (SSSR count). The first-order valence-electron chi connectivity index (χ1n) is 9.20. The molecular weight excluding hydrogens is 388 g/mol. The predicted octanol–water partition coefficient (Wildman–Crippen LogP) is 5.13. The second kappa shape index (κ2) is 8.90. The van der Waals surface area contributed by atoms with Gasteiger partial charge in [-0.1, -0.05) is 35.9 Å². The van der Waals surface area contributed by atoms with Gasteiger partial charge in [-0.3, -0.25) is 4.79 Å². The molecule has 0 radical (unpaired) electrons. The van der Waals surface area contributed by atoms with E-state index in [1.807, 2.05) is 48.5 Å². The highest BCUT2D eigenvalue weighted by Gasteiger charge is 2.08. The summed E-state index contributed by atoms with van der Waals surface area (Å²) in [5.41, 5.74) is 3.39. The quantitative estimate of drug-likeness (QED) is 0.432. The Balaban J connectivity index is 1.34. The van der Waals surface area contributed by atoms with E-state index in [1.54, 1.807) is 24.5 Å². The van der Waals surface area contributed by atoms with Crippen molar-refractivity contribution in [3.8, 4) is 0 Å². The number of pyridine rings is 1. The van der Waals surface area contributed by atoms with E-state index in [0.29, 0.717) is 30.5 Å². The molecule has 2 heterocycles. The number of benzene rings is 2. The van der Waals surface area contributed by atoms with Gasteiger partial charge in [-0.2, -0.15) is 0 Å². The van der Waals surface area contributed by atoms with E-state index in [1.165, 1.54) is 0 Å². The second-order valence-corrected chi connectivity index (χ2v) is 7.00. The van der Waals surface area contributed by atoms with Crippen LogP contribution in [0, 0.1) is 0 Å². The highest BCUT2D eigenvalue weighted by atomic mass is 35.5. The minimum Gasteiger partial charge on any atom is -0.467 e. The molecule has 2 aromatic carbocycles. The number of carbonyl (C=O) groups excluding carboxylic acids is 1. The van der Waals surface area contributed by atoms with Crippen molar-refractivity contribution in [2.45, 2.75) is 19.8 Å². The van der Waals surface area contributed by atoms with Crippen LogP contribution in [-0.4, -0.2) is 10.9 Å². The van der Waals surface area contributed by atoms with E-state index < -0.39 is 0 Å². The van der Waals surface area contributed by atoms with Crippen molar-refractivity contribution in [3.05, 3.63) is 101 Å². The van der Waals surface area contributed by atoms with Gasteiger partial charge in [0, 0.05) is 17.5 Å². The lowest BCUT2D eigenvalue weighted by atomic mass is 10.1. The van der Waals surface area contributed by atoms with Gasteiger partial charge in [0.2, 0.25) is 0 Å². The van der Waals surface area contributed by atoms with Crippen LogP contribution in [-0.2, 0) is 24.5 Å². The number of aromatic nitrogens is 1. The molecule has 6 heteroatoms. The molecule has 0 saturated carbocycles. The minimum absolute atomic E-state index is 0.138. The molecule has 0 saturated heterocycles. The third-order valence-electron chi connectivity index (χ3n) is 4.46. The fraction of sp³-hybridized carbons (Fsp3) is 0.130. The Morgan fingerprint density at radius 3 is 2.76 bits per heavy atom. The summed E-state index contributed by atoms with van der Waals surface area (Å²) in [6.45, 7) is 1.33. The second-order valence-electron chi connectivity index (χ2n) is 6.62. The summed E-state index contributed by atoms with van der Waals surface area (Å²) in [5.74, 6) is 0.655. The highest BCUT2D eigenvalue weighted by Crippen LogP contribution is 2.17. The Morgan fingerprint density at radius 2 is 1.90 bits per heavy atom. The summed E-state index contributed by atoms with van der Waals surface area (Å²) in [7, 11) is 0. The molecule has 0 aliphatic carbocycles. The van der Waals surface area contributed by atoms with Crippen molar-refractivity contribution < 1.29 is 13.9 Å². The highest BCUT2D eigenvalue weighted by molar-refractivity contribution is 6.29. The summed E-state index contributed by atoms with van der Waals surface area (Å²) < 4.78 is 10.9. The molecule has 1 N–H and O–H groups in total. The number of amides is 1. The summed E-state index contributed by atoms with van der Waals surface area (Å²) in [5, 5.41) is 4.26. The van der Waals surface area contributed by atoms with Gasteiger partial charge in [-0.05, 0) is 53.6 Å². The van der Waals surface area contributed by atoms with E-state index >= 15 is 0 Å². The lowest BCUT2D eigenvalue weighted by molar-refractivity contribution is 0.0928. The number of hydrogen-bond donors (Lipinski definition) is 1. The number of furan rings is 1. The van der Waals surface area contributed by atoms with Crippen LogP contribution < -0.4 is 5.32 Å². The van der Waals surface area contributed by atoms with Crippen molar-refractivity contribution in [1.82, 2.24) is 10.3 Å². The average Bonchev–Trinajstić information content (AvgIpc) is 3.25. The van der Waals surface area contributed by atoms with Gasteiger partial charge in [0.25, 0.3) is 5.91 Å². The Hall–Kier alpha value is -3.15. The molecule has 0 atom stereocenters. The van der Waals surface area contributed by atoms with Crippen molar-refractivity contribution >= 4 is 28.4 Å². The molecule has 2 aromatic heterocycles. The third kappa shape index (κ3) is 5.02. The summed E-state index contributed by atoms with van der Waals surface area (Å²) in [4.78, 5) is 16.8. The first-order valence-corrected chi connectivity index (χ1v) is 9.58. The molecule has 5 nitrogen and oxygen atoms in total. The third-order valence-corrected chi connectivity index (χ3v) is 4.67. The van der Waals surface area contributed by atoms with Crippen molar-refractivity contribution in [2.75, 3.05) is 0 Å². The van der Waals surface area contributed by atoms with E-state index in [4.69, 9.17) is 20.8 Å². The van der Waals surface area contributed by atoms with Crippen LogP contribution in [0.5, 0.6) is 0 Å². The molecule has 0 unspecified atom stereocenters. The predicted molar refractivity (Wildman–Crippen MR) is 112 cm³/mol. The topological polar surface area (TPSA) is 64.4 Å². The van der Waals surface area contributed by atoms with Crippen LogP contribution in [0.3, 0.4) is 0 Å². The lowest BCUT2D eigenvalue weighted by Crippen LogP contribution is -2.22. The van der Waals surface area contributed by atoms with Crippen molar-refractivity contribution in [2.24, 2.45) is 0 Å². The Bertz CT molecular complexity index is 1130. The van der Waals surface area contributed by atoms with Gasteiger partial charge in [-0.15, -0.1) is 0 Å². The molecule has 146 valence electrons. The zero-order valence-electron chi connectivity index (χ0n) is 15.6. The number of fused-ring (bicyclic) bond motifs is 1. The fourth-order valence-corrected chi connectivity index (χ4v) is 3.17. The maximum absolute atomic E-state index is 12.5. The van der Waals surface area contributed by atoms with Crippen LogP contribution in [0.15, 0.2) is 77.4 Å². The normalized spacial score (nSPS) is 10.9. The maximum atomic E-state index is 12.5. The number of nitrogens with zero attached hydrogens (tertiary/aromatic N) is 1. The Labute approximate surface area is 173 Å². The number of nitrogens with one attached hydrogen (secondary N) is 1. The van der Waals surface area contributed by atoms with Gasteiger partial charge < -0.3 is 14.5 Å². The maximum Gasteiger partial charge on any atom is 0.251 e. The SMILES string of the molecule is O=C(NCc1cccc(COCc2ccco2)c1)c1ccc2nc(Cl)ccc2c1. The summed E-state index contributed by atoms with van der Waals surface area (Å²) in [6, 6.07) is 20.6. The smallest absolute Gasteiger partial charge is 0.251 e. The molecule has 0 aliphatic heterocycles. The van der Waals surface area contributed by atoms with Crippen LogP contribution in [0.1, 0.15) is 27.2 Å². The van der Waals surface area contributed by atoms with Crippen molar-refractivity contribution in [3.63, 3.8) is 0 Å². The number of carbonyl (C=O) groups is 1. The monoisotopic (exact) mass is 406 g/mol. The van der Waals surface area contributed by atoms with Gasteiger partial charge in [-0.25, -0.2) is 4.98 Å². The zero-order chi connectivity index (χ0) is 20.1. The number of halogens is 1. The van der Waals surface area contributed by atoms with Gasteiger partial charge in [0.1, 0.15) is 17.5 Å². The van der Waals surface area contributed by atoms with Gasteiger partial charge in [0.15, 0.2) is 0 Å². The Kier molecular flexibility index (Phi) is 5.89. The van der Waals surface area contributed by atoms with Crippen LogP contribution in [0.2, 0.25) is 5.15 Å². The molecular formula is C23H19ClN2O3. The molecule has 29 heavy (non-hydrogen) atoms. The van der Waals surface area contributed by atoms with E-state index in [-0.39, 0.29) is 5.91 Å². The lowest BCUT2D eigenvalue weighted by Gasteiger charge is -2.09. The number of hydrogen-bond acceptors (Lipinski definition) is 4. The largest absolute Gasteiger partial charge is 0.467 e. The number of ether oxygens (including phenoxy) is 1. The van der Waals surface area contributed by atoms with Crippen molar-refractivity contribution in [1.29, 1.82) is 0 Å². The molecule has 0 aliphatic rings. The van der Waals surface area contributed by atoms with Crippen LogP contribution in [0.4, 0.5) is 0 Å². The Morgan fingerprint density at radius 1 is 1.00 bits per heavy atom. The number of rotatable bonds is 7. The minimum atomic E-state index is -0.138. The summed E-state index contributed by atoms with van der Waals surface area (Å²) in [6.07, 6.45) is 1.63. The first-order chi connectivity index (χ1) is 14.2. The fourth-order valence-electron chi connectivity index (χ4n) is 3.02. The molecule has 1 amide bonds. The molecule has 0 fully saturated rings. The zero-order valence-corrected chi connectivity index (χ0v) is 16.4. The molecule has 0 spiro atoms. The van der Waals surface area contributed by atoms with Gasteiger partial charge >= 0.3 is 0 Å². The van der Waals surface area contributed by atoms with Gasteiger partial charge in [0.05, 0.1) is 18.4 Å². The standard InChI is InChI=1S/C23H19ClN2O3/c24-22-9-7-18-12-19(6-8-21(18)26-22)23(27)25-13-16-3-1-4-17(11-16)14-28-15-20-5-2-10-29-20/h1-12H,13-15H2,(H,25,27). The van der Waals surface area contributed by atoms with E-state index in [0.717, 1.165) is 27.8 Å². The first kappa shape index (κ1) is 19.2. The van der Waals surface area contributed by atoms with E-state index in [9.17, 15) is 4.79 Å². The average molecular weight is 407 g/mol. The molecule has 0 bridgehead atoms. The van der Waals surface area contributed by atoms with Crippen LogP contribution in [0.25, 0.3) is 10.9 Å². The van der Waals surface area contributed by atoms with E-state index in [2.05, 4.69) is 10.3 Å². The summed E-state index contributed by atoms with van der Waals surface area (Å²) >= 11 is 5.90. The van der Waals surface area contributed by atoms with Crippen LogP contribution >= 0.6 is 11.6 Å². The molecule has 4 aromatic rings.